The van der Waals surface area contributed by atoms with Crippen molar-refractivity contribution in [2.75, 3.05) is 64.1 Å². The highest BCUT2D eigenvalue weighted by atomic mass is 127. The lowest BCUT2D eigenvalue weighted by Gasteiger charge is -2.39. The van der Waals surface area contributed by atoms with E-state index in [0.29, 0.717) is 83.6 Å². The Labute approximate surface area is 707 Å². The average Bonchev–Trinajstić information content (AvgIpc) is 1.66. The summed E-state index contributed by atoms with van der Waals surface area (Å²) in [5.41, 5.74) is 8.56. The molecular formula is C86H115FIN15O16. The fourth-order valence-corrected chi connectivity index (χ4v) is 16.1. The molecule has 10 rings (SSSR count). The zero-order valence-electron chi connectivity index (χ0n) is 69.0. The van der Waals surface area contributed by atoms with Crippen LogP contribution in [0.15, 0.2) is 103 Å². The SMILES string of the molecule is COc1ccc(C[C@H](NC(=O)[C@@H](NC(=O)[C@@H]2[C@@H]3CCN2C(=O)[C@H](Cc2c[nH]c4ccc(F)cc24)NC(=O)[C@@H](NC(=O)[C@@H](C)NC(=O)[C@H](CNC(=O)CCOCCOCCI)NC(=O)CCC(=O)NCc2ccc(CCN)cc2)Cc2cccc(c2)Cn2cc(nn2)CO3)C(C)OC(C)(C)C)C(=O)N2CCC[C@@]2(C)C(=O)C2CCCCCC2)cc1. The molecule has 119 heavy (non-hydrogen) atoms. The number of aromatic amines is 1. The predicted octanol–water partition coefficient (Wildman–Crippen LogP) is 5.11. The number of aromatic nitrogens is 4. The van der Waals surface area contributed by atoms with Gasteiger partial charge < -0.3 is 86.7 Å². The number of nitrogens with one attached hydrogen (secondary N) is 9. The van der Waals surface area contributed by atoms with Gasteiger partial charge in [-0.05, 0) is 150 Å². The molecule has 2 aromatic heterocycles. The van der Waals surface area contributed by atoms with Crippen LogP contribution >= 0.6 is 22.6 Å². The van der Waals surface area contributed by atoms with E-state index in [4.69, 9.17) is 29.4 Å². The number of methoxy groups -OCH3 is 1. The first-order chi connectivity index (χ1) is 57.1. The number of Topliss-reactive ketones (excluding diaryl/α,β-unsaturated/α-hetero) is 1. The first-order valence-corrected chi connectivity index (χ1v) is 42.8. The van der Waals surface area contributed by atoms with Crippen LogP contribution in [0, 0.1) is 11.7 Å². The number of alkyl halides is 1. The molecule has 644 valence electrons. The van der Waals surface area contributed by atoms with E-state index in [2.05, 4.69) is 80.4 Å². The number of hydrogen-bond donors (Lipinski definition) is 10. The van der Waals surface area contributed by atoms with Gasteiger partial charge in [-0.1, -0.05) is 114 Å². The molecule has 3 fully saturated rings. The second-order valence-corrected chi connectivity index (χ2v) is 33.4. The number of amides is 10. The second kappa shape index (κ2) is 43.9. The van der Waals surface area contributed by atoms with Crippen LogP contribution in [0.4, 0.5) is 4.39 Å². The Morgan fingerprint density at radius 1 is 0.756 bits per heavy atom. The average molecular weight is 1760 g/mol. The van der Waals surface area contributed by atoms with Crippen molar-refractivity contribution in [3.8, 4) is 5.75 Å². The molecule has 33 heteroatoms. The minimum Gasteiger partial charge on any atom is -0.497 e. The molecule has 11 N–H and O–H groups in total. The van der Waals surface area contributed by atoms with Crippen molar-refractivity contribution in [2.45, 2.75) is 230 Å². The van der Waals surface area contributed by atoms with Gasteiger partial charge in [0, 0.05) is 92.1 Å². The van der Waals surface area contributed by atoms with E-state index in [1.54, 1.807) is 92.1 Å². The fraction of sp³-hybridized carbons (Fsp3) is 0.547. The molecule has 4 aliphatic rings. The summed E-state index contributed by atoms with van der Waals surface area (Å²) in [6, 6.07) is 15.1. The maximum atomic E-state index is 16.2. The number of nitrogens with zero attached hydrogens (tertiary/aromatic N) is 5. The summed E-state index contributed by atoms with van der Waals surface area (Å²) in [5, 5.41) is 31.5. The number of ketones is 1. The van der Waals surface area contributed by atoms with Gasteiger partial charge >= 0.3 is 0 Å². The van der Waals surface area contributed by atoms with E-state index in [-0.39, 0.29) is 103 Å². The molecule has 1 unspecified atom stereocenters. The smallest absolute Gasteiger partial charge is 0.246 e. The van der Waals surface area contributed by atoms with Crippen LogP contribution in [-0.4, -0.2) is 224 Å². The molecule has 6 aromatic rings. The zero-order chi connectivity index (χ0) is 85.3. The van der Waals surface area contributed by atoms with Gasteiger partial charge in [-0.25, -0.2) is 9.07 Å². The molecule has 10 amide bonds. The van der Waals surface area contributed by atoms with Gasteiger partial charge in [0.05, 0.1) is 76.2 Å². The van der Waals surface area contributed by atoms with Crippen molar-refractivity contribution in [1.82, 2.24) is 72.3 Å². The highest BCUT2D eigenvalue weighted by molar-refractivity contribution is 14.1. The Kier molecular flexibility index (Phi) is 33.8. The third kappa shape index (κ3) is 26.3. The molecule has 3 aliphatic heterocycles. The zero-order valence-corrected chi connectivity index (χ0v) is 71.1. The quantitative estimate of drug-likeness (QED) is 0.0106. The van der Waals surface area contributed by atoms with Gasteiger partial charge in [0.15, 0.2) is 5.78 Å². The number of H-pyrrole nitrogens is 1. The van der Waals surface area contributed by atoms with Crippen molar-refractivity contribution in [3.05, 3.63) is 148 Å². The van der Waals surface area contributed by atoms with E-state index in [1.807, 2.05) is 37.3 Å². The summed E-state index contributed by atoms with van der Waals surface area (Å²) >= 11 is 2.18. The lowest BCUT2D eigenvalue weighted by molar-refractivity contribution is -0.149. The van der Waals surface area contributed by atoms with Crippen LogP contribution in [0.2, 0.25) is 0 Å². The lowest BCUT2D eigenvalue weighted by atomic mass is 9.81. The Morgan fingerprint density at radius 2 is 1.46 bits per heavy atom. The van der Waals surface area contributed by atoms with Crippen LogP contribution < -0.4 is 53.0 Å². The molecule has 10 atom stereocenters. The van der Waals surface area contributed by atoms with Gasteiger partial charge in [-0.2, -0.15) is 0 Å². The number of fused-ring (bicyclic) bond motifs is 7. The minimum absolute atomic E-state index is 0.00376. The summed E-state index contributed by atoms with van der Waals surface area (Å²) in [5.74, 6) is -7.77. The Morgan fingerprint density at radius 3 is 2.18 bits per heavy atom. The molecule has 31 nitrogen and oxygen atoms in total. The Hall–Kier alpha value is -9.81. The summed E-state index contributed by atoms with van der Waals surface area (Å²) in [4.78, 5) is 169. The Bertz CT molecular complexity index is 4480. The van der Waals surface area contributed by atoms with Crippen molar-refractivity contribution < 1.29 is 80.8 Å². The van der Waals surface area contributed by atoms with Crippen LogP contribution in [0.1, 0.15) is 158 Å². The molecule has 4 aromatic carbocycles. The van der Waals surface area contributed by atoms with E-state index in [0.717, 1.165) is 54.1 Å². The fourth-order valence-electron chi connectivity index (χ4n) is 15.8. The van der Waals surface area contributed by atoms with Gasteiger partial charge in [0.2, 0.25) is 59.1 Å². The van der Waals surface area contributed by atoms with Crippen LogP contribution in [0.5, 0.6) is 5.75 Å². The molecule has 1 saturated carbocycles. The lowest BCUT2D eigenvalue weighted by Crippen LogP contribution is -2.64. The number of hydrogen-bond acceptors (Lipinski definition) is 19. The van der Waals surface area contributed by atoms with Crippen LogP contribution in [0.3, 0.4) is 0 Å². The first-order valence-electron chi connectivity index (χ1n) is 41.2. The minimum atomic E-state index is -1.62. The van der Waals surface area contributed by atoms with Gasteiger partial charge in [-0.15, -0.1) is 5.10 Å². The van der Waals surface area contributed by atoms with Gasteiger partial charge in [0.25, 0.3) is 0 Å². The number of carbonyl (C=O) groups excluding carboxylic acids is 11. The monoisotopic (exact) mass is 1760 g/mol. The largest absolute Gasteiger partial charge is 0.497 e. The maximum Gasteiger partial charge on any atom is 0.246 e. The third-order valence-electron chi connectivity index (χ3n) is 22.1. The number of carbonyl (C=O) groups is 11. The third-order valence-corrected chi connectivity index (χ3v) is 22.5. The summed E-state index contributed by atoms with van der Waals surface area (Å²) in [7, 11) is 1.53. The number of halogens is 2. The number of likely N-dealkylation sites (tertiary alicyclic amines) is 1. The maximum absolute atomic E-state index is 16.2. The summed E-state index contributed by atoms with van der Waals surface area (Å²) in [6.07, 6.45) is 6.63. The summed E-state index contributed by atoms with van der Waals surface area (Å²) < 4.78 is 47.3. The van der Waals surface area contributed by atoms with Crippen molar-refractivity contribution in [2.24, 2.45) is 11.7 Å². The van der Waals surface area contributed by atoms with Crippen molar-refractivity contribution in [3.63, 3.8) is 0 Å². The van der Waals surface area contributed by atoms with E-state index in [1.165, 1.54) is 37.1 Å². The molecule has 5 heterocycles. The molecule has 6 bridgehead atoms. The van der Waals surface area contributed by atoms with E-state index < -0.39 is 137 Å². The molecule has 1 aliphatic carbocycles. The number of rotatable bonds is 36. The normalized spacial score (nSPS) is 19.9. The van der Waals surface area contributed by atoms with Gasteiger partial charge in [0.1, 0.15) is 59.6 Å². The second-order valence-electron chi connectivity index (χ2n) is 32.3. The number of ether oxygens (including phenoxy) is 5. The summed E-state index contributed by atoms with van der Waals surface area (Å²) in [6.45, 7) is 11.4. The van der Waals surface area contributed by atoms with Gasteiger partial charge in [-0.3, -0.25) is 52.7 Å². The number of benzene rings is 4. The van der Waals surface area contributed by atoms with Crippen LogP contribution in [-0.2, 0) is 117 Å². The van der Waals surface area contributed by atoms with Crippen molar-refractivity contribution >= 4 is 98.3 Å². The van der Waals surface area contributed by atoms with E-state index in [9.17, 15) is 28.8 Å². The highest BCUT2D eigenvalue weighted by Gasteiger charge is 2.51. The molecule has 0 spiro atoms. The van der Waals surface area contributed by atoms with Crippen molar-refractivity contribution in [1.29, 1.82) is 0 Å². The molecule has 0 radical (unpaired) electrons. The van der Waals surface area contributed by atoms with E-state index >= 15 is 28.4 Å². The topological polar surface area (TPSA) is 409 Å². The first kappa shape index (κ1) is 91.5. The molecule has 2 saturated heterocycles. The standard InChI is InChI=1S/C86H115FIN15O16/c1-53(93-80(110)70(49-92-73(105)32-38-116-40-41-117-39-34-88)94-74(106)29-28-72(104)91-47-57-20-18-55(19-21-57)30-35-89)78(108)95-67-44-58-14-12-15-59(42-58)50-101-51-63(99-100-101)52-118-71-31-37-102(83(113)69(96-79(67)109)45-61-48-90-66-27-24-62(87)46-65(61)66)76(71)82(112)98-75(54(2)119-85(3,4)5)81(111)97-68(43-56-22-25-64(115-7)26-23-56)84(114)103-36-13-33-86(103,6)77(107)60-16-10-8-9-11-17-60/h12,14-15,18-27,42,46,48,51,53-54,60,67-71,75-76,90H,8-11,13,16-17,28-41,43-45,47,49-50,52,89H2,1-7H3,(H,91,104)(H,92,105)(H,93,110)(H,94,106)(H,95,108)(H,96,109)(H,97,111)(H,98,112)/t53-,54?,67+,68+,69+,70+,71+,75+,76+,86+/m1/s1. The van der Waals surface area contributed by atoms with Crippen LogP contribution in [0.25, 0.3) is 10.9 Å². The Balaban J connectivity index is 0.935. The highest BCUT2D eigenvalue weighted by Crippen LogP contribution is 2.38. The number of nitrogens with two attached hydrogens (primary N) is 1. The predicted molar refractivity (Wildman–Crippen MR) is 448 cm³/mol. The molecular weight excluding hydrogens is 1640 g/mol.